The number of carbonyl (C=O) groups excluding carboxylic acids is 3. The van der Waals surface area contributed by atoms with Crippen LogP contribution in [-0.4, -0.2) is 23.1 Å². The van der Waals surface area contributed by atoms with Crippen LogP contribution in [0.1, 0.15) is 30.4 Å². The highest BCUT2D eigenvalue weighted by Crippen LogP contribution is 2.28. The van der Waals surface area contributed by atoms with Gasteiger partial charge in [-0.3, -0.25) is 19.7 Å². The van der Waals surface area contributed by atoms with Crippen LogP contribution in [0.25, 0.3) is 23.1 Å². The molecule has 0 bridgehead atoms. The molecule has 1 saturated heterocycles. The molecule has 2 heterocycles. The Morgan fingerprint density at radius 1 is 1.31 bits per heavy atom. The minimum Gasteiger partial charge on any atom is -0.464 e. The van der Waals surface area contributed by atoms with Gasteiger partial charge in [0.25, 0.3) is 11.1 Å². The summed E-state index contributed by atoms with van der Waals surface area (Å²) in [6.45, 7) is 0. The number of carbonyl (C=O) groups is 3. The third kappa shape index (κ3) is 3.43. The van der Waals surface area contributed by atoms with Crippen LogP contribution >= 0.6 is 11.8 Å². The lowest BCUT2D eigenvalue weighted by Crippen LogP contribution is -2.38. The highest BCUT2D eigenvalue weighted by atomic mass is 32.2. The molecule has 1 aromatic heterocycles. The summed E-state index contributed by atoms with van der Waals surface area (Å²) >= 11 is 0.879. The quantitative estimate of drug-likeness (QED) is 0.807. The number of furan rings is 1. The van der Waals surface area contributed by atoms with Crippen LogP contribution in [-0.2, 0) is 9.59 Å². The number of nitrogens with one attached hydrogen (secondary N) is 2. The second-order valence-electron chi connectivity index (χ2n) is 6.27. The standard InChI is InChI=1S/C19H16N2O4S/c22-17(20-13-2-1-3-13)7-5-12-10-25-15-6-4-11(8-14(12)15)9-16-18(23)21-19(24)26-16/h4-10,13H,1-3H2,(H,20,22)(H,21,23,24)/b7-5+,16-9-. The number of hydrogen-bond acceptors (Lipinski definition) is 5. The van der Waals surface area contributed by atoms with E-state index in [1.807, 2.05) is 12.1 Å². The number of thioether (sulfide) groups is 1. The van der Waals surface area contributed by atoms with Gasteiger partial charge in [0.2, 0.25) is 5.91 Å². The lowest BCUT2D eigenvalue weighted by Gasteiger charge is -2.25. The summed E-state index contributed by atoms with van der Waals surface area (Å²) in [6, 6.07) is 5.77. The van der Waals surface area contributed by atoms with Crippen molar-refractivity contribution in [2.45, 2.75) is 25.3 Å². The molecule has 1 aliphatic carbocycles. The van der Waals surface area contributed by atoms with Crippen LogP contribution in [0.2, 0.25) is 0 Å². The van der Waals surface area contributed by atoms with Gasteiger partial charge in [-0.05, 0) is 60.9 Å². The number of imide groups is 1. The van der Waals surface area contributed by atoms with Crippen LogP contribution in [0.3, 0.4) is 0 Å². The van der Waals surface area contributed by atoms with Gasteiger partial charge in [0.05, 0.1) is 11.2 Å². The Bertz CT molecular complexity index is 969. The number of hydrogen-bond donors (Lipinski definition) is 2. The first kappa shape index (κ1) is 16.7. The second-order valence-corrected chi connectivity index (χ2v) is 7.28. The van der Waals surface area contributed by atoms with Crippen molar-refractivity contribution >= 4 is 51.9 Å². The topological polar surface area (TPSA) is 88.4 Å². The number of rotatable bonds is 4. The number of fused-ring (bicyclic) bond motifs is 1. The molecule has 0 atom stereocenters. The molecule has 1 aromatic carbocycles. The zero-order valence-electron chi connectivity index (χ0n) is 13.8. The predicted octanol–water partition coefficient (Wildman–Crippen LogP) is 3.44. The third-order valence-electron chi connectivity index (χ3n) is 4.43. The highest BCUT2D eigenvalue weighted by molar-refractivity contribution is 8.18. The summed E-state index contributed by atoms with van der Waals surface area (Å²) in [4.78, 5) is 35.2. The van der Waals surface area contributed by atoms with Gasteiger partial charge in [-0.1, -0.05) is 6.07 Å². The molecule has 26 heavy (non-hydrogen) atoms. The van der Waals surface area contributed by atoms with Crippen LogP contribution in [0.15, 0.2) is 39.9 Å². The van der Waals surface area contributed by atoms with E-state index < -0.39 is 0 Å². The summed E-state index contributed by atoms with van der Waals surface area (Å²) in [5.74, 6) is -0.500. The number of amides is 3. The normalized spacial score (nSPS) is 19.3. The fraction of sp³-hybridized carbons (Fsp3) is 0.211. The summed E-state index contributed by atoms with van der Waals surface area (Å²) < 4.78 is 5.52. The minimum absolute atomic E-state index is 0.111. The summed E-state index contributed by atoms with van der Waals surface area (Å²) in [5, 5.41) is 5.65. The third-order valence-corrected chi connectivity index (χ3v) is 5.24. The van der Waals surface area contributed by atoms with Crippen LogP contribution in [0.4, 0.5) is 4.79 Å². The average Bonchev–Trinajstić information content (AvgIpc) is 3.11. The van der Waals surface area contributed by atoms with E-state index in [9.17, 15) is 14.4 Å². The van der Waals surface area contributed by atoms with Gasteiger partial charge in [0, 0.05) is 23.1 Å². The fourth-order valence-corrected chi connectivity index (χ4v) is 3.51. The second kappa shape index (κ2) is 6.84. The highest BCUT2D eigenvalue weighted by Gasteiger charge is 2.25. The van der Waals surface area contributed by atoms with Crippen molar-refractivity contribution < 1.29 is 18.8 Å². The Hall–Kier alpha value is -2.80. The summed E-state index contributed by atoms with van der Waals surface area (Å²) in [6.07, 6.45) is 9.73. The van der Waals surface area contributed by atoms with Gasteiger partial charge in [-0.25, -0.2) is 0 Å². The predicted molar refractivity (Wildman–Crippen MR) is 100 cm³/mol. The van der Waals surface area contributed by atoms with Crippen molar-refractivity contribution in [2.24, 2.45) is 0 Å². The van der Waals surface area contributed by atoms with E-state index in [0.717, 1.165) is 41.1 Å². The molecular weight excluding hydrogens is 352 g/mol. The van der Waals surface area contributed by atoms with Gasteiger partial charge in [0.1, 0.15) is 5.58 Å². The van der Waals surface area contributed by atoms with E-state index in [2.05, 4.69) is 10.6 Å². The first-order chi connectivity index (χ1) is 12.6. The van der Waals surface area contributed by atoms with Crippen LogP contribution in [0, 0.1) is 0 Å². The van der Waals surface area contributed by atoms with E-state index >= 15 is 0 Å². The molecular formula is C19H16N2O4S. The van der Waals surface area contributed by atoms with Crippen molar-refractivity contribution in [1.29, 1.82) is 0 Å². The zero-order valence-corrected chi connectivity index (χ0v) is 14.6. The van der Waals surface area contributed by atoms with Gasteiger partial charge >= 0.3 is 0 Å². The van der Waals surface area contributed by atoms with Crippen molar-refractivity contribution in [3.05, 3.63) is 46.6 Å². The lowest BCUT2D eigenvalue weighted by molar-refractivity contribution is -0.117. The van der Waals surface area contributed by atoms with Crippen LogP contribution in [0.5, 0.6) is 0 Å². The number of benzene rings is 1. The summed E-state index contributed by atoms with van der Waals surface area (Å²) in [5.41, 5.74) is 2.24. The van der Waals surface area contributed by atoms with Crippen molar-refractivity contribution in [3.63, 3.8) is 0 Å². The van der Waals surface area contributed by atoms with E-state index in [1.54, 1.807) is 24.5 Å². The molecule has 2 aromatic rings. The van der Waals surface area contributed by atoms with E-state index in [0.29, 0.717) is 16.5 Å². The largest absolute Gasteiger partial charge is 0.464 e. The molecule has 1 aliphatic heterocycles. The maximum Gasteiger partial charge on any atom is 0.290 e. The Labute approximate surface area is 153 Å². The molecule has 0 spiro atoms. The van der Waals surface area contributed by atoms with Crippen molar-refractivity contribution in [3.8, 4) is 0 Å². The fourth-order valence-electron chi connectivity index (χ4n) is 2.83. The Balaban J connectivity index is 1.56. The Morgan fingerprint density at radius 2 is 2.15 bits per heavy atom. The van der Waals surface area contributed by atoms with Gasteiger partial charge in [-0.15, -0.1) is 0 Å². The van der Waals surface area contributed by atoms with Gasteiger partial charge in [0.15, 0.2) is 0 Å². The monoisotopic (exact) mass is 368 g/mol. The molecule has 1 saturated carbocycles. The summed E-state index contributed by atoms with van der Waals surface area (Å²) in [7, 11) is 0. The Kier molecular flexibility index (Phi) is 4.38. The van der Waals surface area contributed by atoms with Crippen LogP contribution < -0.4 is 10.6 Å². The molecule has 2 aliphatic rings. The maximum absolute atomic E-state index is 11.9. The molecule has 132 valence electrons. The van der Waals surface area contributed by atoms with Crippen molar-refractivity contribution in [2.75, 3.05) is 0 Å². The molecule has 0 unspecified atom stereocenters. The SMILES string of the molecule is O=C(/C=C/c1coc2ccc(/C=C3\SC(=O)NC3=O)cc12)NC1CCC1. The minimum atomic E-state index is -0.389. The molecule has 0 radical (unpaired) electrons. The van der Waals surface area contributed by atoms with Gasteiger partial charge < -0.3 is 9.73 Å². The molecule has 6 nitrogen and oxygen atoms in total. The van der Waals surface area contributed by atoms with Crippen molar-refractivity contribution in [1.82, 2.24) is 10.6 Å². The van der Waals surface area contributed by atoms with Gasteiger partial charge in [-0.2, -0.15) is 0 Å². The maximum atomic E-state index is 11.9. The van der Waals surface area contributed by atoms with E-state index in [1.165, 1.54) is 12.5 Å². The molecule has 4 rings (SSSR count). The molecule has 3 amide bonds. The molecule has 7 heteroatoms. The first-order valence-corrected chi connectivity index (χ1v) is 9.15. The molecule has 2 fully saturated rings. The average molecular weight is 368 g/mol. The van der Waals surface area contributed by atoms with E-state index in [-0.39, 0.29) is 17.1 Å². The van der Waals surface area contributed by atoms with E-state index in [4.69, 9.17) is 4.42 Å². The Morgan fingerprint density at radius 3 is 2.85 bits per heavy atom. The lowest BCUT2D eigenvalue weighted by atomic mass is 9.93. The molecule has 2 N–H and O–H groups in total. The smallest absolute Gasteiger partial charge is 0.290 e. The first-order valence-electron chi connectivity index (χ1n) is 8.33. The zero-order chi connectivity index (χ0) is 18.1.